The lowest BCUT2D eigenvalue weighted by Gasteiger charge is -2.36. The van der Waals surface area contributed by atoms with Crippen LogP contribution in [0.3, 0.4) is 0 Å². The highest BCUT2D eigenvalue weighted by Gasteiger charge is 2.33. The number of nitrogens with zero attached hydrogens (tertiary/aromatic N) is 2. The molecule has 0 bridgehead atoms. The van der Waals surface area contributed by atoms with Gasteiger partial charge in [-0.1, -0.05) is 57.9 Å². The highest BCUT2D eigenvalue weighted by Crippen LogP contribution is 2.24. The SMILES string of the molecule is CC(C)(C)C(=O)N1CCCC(C(=O)NCc2ccccc2CN2CCCCCC2)C1. The van der Waals surface area contributed by atoms with Crippen LogP contribution in [0.25, 0.3) is 0 Å². The molecule has 1 aromatic rings. The van der Waals surface area contributed by atoms with Crippen LogP contribution in [0, 0.1) is 11.3 Å². The first-order chi connectivity index (χ1) is 14.3. The van der Waals surface area contributed by atoms with Gasteiger partial charge in [-0.3, -0.25) is 14.5 Å². The molecular weight excluding hydrogens is 374 g/mol. The molecular formula is C25H39N3O2. The molecule has 5 nitrogen and oxygen atoms in total. The normalized spacial score (nSPS) is 21.2. The predicted molar refractivity (Wildman–Crippen MR) is 121 cm³/mol. The summed E-state index contributed by atoms with van der Waals surface area (Å²) in [6.45, 7) is 11.0. The van der Waals surface area contributed by atoms with Crippen molar-refractivity contribution in [3.8, 4) is 0 Å². The fourth-order valence-corrected chi connectivity index (χ4v) is 4.60. The van der Waals surface area contributed by atoms with Gasteiger partial charge in [-0.05, 0) is 49.9 Å². The highest BCUT2D eigenvalue weighted by molar-refractivity contribution is 5.83. The lowest BCUT2D eigenvalue weighted by Crippen LogP contribution is -2.48. The monoisotopic (exact) mass is 413 g/mol. The third-order valence-corrected chi connectivity index (χ3v) is 6.39. The number of piperidine rings is 1. The minimum absolute atomic E-state index is 0.0750. The fourth-order valence-electron chi connectivity index (χ4n) is 4.60. The molecule has 0 aliphatic carbocycles. The van der Waals surface area contributed by atoms with Gasteiger partial charge in [0.25, 0.3) is 0 Å². The lowest BCUT2D eigenvalue weighted by atomic mass is 9.91. The summed E-state index contributed by atoms with van der Waals surface area (Å²) in [6.07, 6.45) is 6.99. The maximum absolute atomic E-state index is 12.9. The molecule has 0 saturated carbocycles. The fraction of sp³-hybridized carbons (Fsp3) is 0.680. The van der Waals surface area contributed by atoms with Gasteiger partial charge in [-0.15, -0.1) is 0 Å². The summed E-state index contributed by atoms with van der Waals surface area (Å²) in [7, 11) is 0. The zero-order chi connectivity index (χ0) is 21.6. The van der Waals surface area contributed by atoms with Crippen molar-refractivity contribution in [2.45, 2.75) is 72.4 Å². The molecule has 0 spiro atoms. The molecule has 166 valence electrons. The second-order valence-electron chi connectivity index (χ2n) is 10.0. The summed E-state index contributed by atoms with van der Waals surface area (Å²) >= 11 is 0. The number of hydrogen-bond donors (Lipinski definition) is 1. The summed E-state index contributed by atoms with van der Waals surface area (Å²) in [5, 5.41) is 3.16. The molecule has 2 saturated heterocycles. The Morgan fingerprint density at radius 1 is 0.967 bits per heavy atom. The van der Waals surface area contributed by atoms with Crippen molar-refractivity contribution in [3.05, 3.63) is 35.4 Å². The number of nitrogens with one attached hydrogen (secondary N) is 1. The molecule has 0 radical (unpaired) electrons. The molecule has 1 atom stereocenters. The first kappa shape index (κ1) is 22.8. The first-order valence-corrected chi connectivity index (χ1v) is 11.7. The van der Waals surface area contributed by atoms with Gasteiger partial charge in [0.15, 0.2) is 0 Å². The molecule has 5 heteroatoms. The van der Waals surface area contributed by atoms with E-state index in [0.717, 1.165) is 25.9 Å². The molecule has 0 aromatic heterocycles. The first-order valence-electron chi connectivity index (χ1n) is 11.7. The maximum atomic E-state index is 12.9. The molecule has 2 amide bonds. The van der Waals surface area contributed by atoms with Crippen molar-refractivity contribution >= 4 is 11.8 Å². The van der Waals surface area contributed by atoms with E-state index < -0.39 is 5.41 Å². The molecule has 2 fully saturated rings. The number of carbonyl (C=O) groups is 2. The number of likely N-dealkylation sites (tertiary alicyclic amines) is 2. The van der Waals surface area contributed by atoms with Gasteiger partial charge < -0.3 is 10.2 Å². The minimum atomic E-state index is -0.398. The van der Waals surface area contributed by atoms with Gasteiger partial charge in [0.2, 0.25) is 11.8 Å². The van der Waals surface area contributed by atoms with E-state index in [4.69, 9.17) is 0 Å². The van der Waals surface area contributed by atoms with E-state index in [-0.39, 0.29) is 17.7 Å². The molecule has 2 heterocycles. The van der Waals surface area contributed by atoms with Gasteiger partial charge in [-0.2, -0.15) is 0 Å². The van der Waals surface area contributed by atoms with Gasteiger partial charge in [-0.25, -0.2) is 0 Å². The quantitative estimate of drug-likeness (QED) is 0.795. The van der Waals surface area contributed by atoms with E-state index in [1.165, 1.54) is 49.9 Å². The Morgan fingerprint density at radius 3 is 2.30 bits per heavy atom. The van der Waals surface area contributed by atoms with E-state index in [1.54, 1.807) is 0 Å². The lowest BCUT2D eigenvalue weighted by molar-refractivity contribution is -0.142. The largest absolute Gasteiger partial charge is 0.352 e. The third kappa shape index (κ3) is 6.31. The van der Waals surface area contributed by atoms with E-state index in [0.29, 0.717) is 13.1 Å². The average molecular weight is 414 g/mol. The van der Waals surface area contributed by atoms with Crippen LogP contribution in [0.5, 0.6) is 0 Å². The second-order valence-corrected chi connectivity index (χ2v) is 10.0. The minimum Gasteiger partial charge on any atom is -0.352 e. The Hall–Kier alpha value is -1.88. The zero-order valence-electron chi connectivity index (χ0n) is 19.1. The Balaban J connectivity index is 1.56. The number of amides is 2. The summed E-state index contributed by atoms with van der Waals surface area (Å²) in [4.78, 5) is 29.9. The highest BCUT2D eigenvalue weighted by atomic mass is 16.2. The van der Waals surface area contributed by atoms with Crippen molar-refractivity contribution in [3.63, 3.8) is 0 Å². The van der Waals surface area contributed by atoms with Crippen LogP contribution in [0.4, 0.5) is 0 Å². The van der Waals surface area contributed by atoms with Crippen molar-refractivity contribution in [2.75, 3.05) is 26.2 Å². The average Bonchev–Trinajstić information content (AvgIpc) is 3.00. The molecule has 1 aromatic carbocycles. The maximum Gasteiger partial charge on any atom is 0.227 e. The molecule has 2 aliphatic rings. The van der Waals surface area contributed by atoms with Gasteiger partial charge in [0, 0.05) is 31.6 Å². The standard InChI is InChI=1S/C25H39N3O2/c1-25(2,3)24(30)28-16-10-13-22(19-28)23(29)26-17-20-11-6-7-12-21(20)18-27-14-8-4-5-9-15-27/h6-7,11-12,22H,4-5,8-10,13-19H2,1-3H3,(H,26,29). The summed E-state index contributed by atoms with van der Waals surface area (Å²) in [5.41, 5.74) is 2.12. The van der Waals surface area contributed by atoms with Crippen LogP contribution < -0.4 is 5.32 Å². The van der Waals surface area contributed by atoms with E-state index in [2.05, 4.69) is 34.5 Å². The number of benzene rings is 1. The molecule has 1 unspecified atom stereocenters. The number of carbonyl (C=O) groups excluding carboxylic acids is 2. The number of hydrogen-bond acceptors (Lipinski definition) is 3. The van der Waals surface area contributed by atoms with Crippen molar-refractivity contribution in [1.29, 1.82) is 0 Å². The Bertz CT molecular complexity index is 717. The topological polar surface area (TPSA) is 52.7 Å². The zero-order valence-corrected chi connectivity index (χ0v) is 19.1. The van der Waals surface area contributed by atoms with Crippen molar-refractivity contribution < 1.29 is 9.59 Å². The third-order valence-electron chi connectivity index (χ3n) is 6.39. The summed E-state index contributed by atoms with van der Waals surface area (Å²) < 4.78 is 0. The predicted octanol–water partition coefficient (Wildman–Crippen LogP) is 3.96. The van der Waals surface area contributed by atoms with Gasteiger partial charge in [0.05, 0.1) is 5.92 Å². The second kappa shape index (κ2) is 10.4. The van der Waals surface area contributed by atoms with Crippen LogP contribution in [0.1, 0.15) is 70.4 Å². The van der Waals surface area contributed by atoms with Crippen LogP contribution in [0.15, 0.2) is 24.3 Å². The Labute approximate surface area is 182 Å². The van der Waals surface area contributed by atoms with Crippen molar-refractivity contribution in [2.24, 2.45) is 11.3 Å². The van der Waals surface area contributed by atoms with Crippen molar-refractivity contribution in [1.82, 2.24) is 15.1 Å². The number of rotatable bonds is 5. The summed E-state index contributed by atoms with van der Waals surface area (Å²) in [5.74, 6) is 0.108. The van der Waals surface area contributed by atoms with Crippen LogP contribution >= 0.6 is 0 Å². The van der Waals surface area contributed by atoms with Crippen LogP contribution in [0.2, 0.25) is 0 Å². The van der Waals surface area contributed by atoms with Gasteiger partial charge >= 0.3 is 0 Å². The van der Waals surface area contributed by atoms with E-state index >= 15 is 0 Å². The Kier molecular flexibility index (Phi) is 7.93. The van der Waals surface area contributed by atoms with E-state index in [1.807, 2.05) is 25.7 Å². The Morgan fingerprint density at radius 2 is 1.63 bits per heavy atom. The molecule has 3 rings (SSSR count). The van der Waals surface area contributed by atoms with E-state index in [9.17, 15) is 9.59 Å². The van der Waals surface area contributed by atoms with Crippen LogP contribution in [-0.4, -0.2) is 47.8 Å². The molecule has 1 N–H and O–H groups in total. The van der Waals surface area contributed by atoms with Gasteiger partial charge in [0.1, 0.15) is 0 Å². The molecule has 30 heavy (non-hydrogen) atoms. The molecule has 2 aliphatic heterocycles. The summed E-state index contributed by atoms with van der Waals surface area (Å²) in [6, 6.07) is 8.47. The smallest absolute Gasteiger partial charge is 0.227 e. The van der Waals surface area contributed by atoms with Crippen LogP contribution in [-0.2, 0) is 22.7 Å².